The third-order valence-electron chi connectivity index (χ3n) is 3.50. The van der Waals surface area contributed by atoms with Gasteiger partial charge in [-0.1, -0.05) is 66.7 Å². The molecule has 0 radical (unpaired) electrons. The van der Waals surface area contributed by atoms with Crippen LogP contribution in [0, 0.1) is 11.6 Å². The van der Waals surface area contributed by atoms with Gasteiger partial charge in [-0.25, -0.2) is 8.78 Å². The van der Waals surface area contributed by atoms with Gasteiger partial charge in [-0.15, -0.1) is 0 Å². The van der Waals surface area contributed by atoms with Crippen LogP contribution in [-0.2, 0) is 6.54 Å². The Bertz CT molecular complexity index is 770. The lowest BCUT2D eigenvalue weighted by molar-refractivity contribution is 0.507. The highest BCUT2D eigenvalue weighted by molar-refractivity contribution is 6.12. The Morgan fingerprint density at radius 1 is 0.696 bits per heavy atom. The second-order valence-corrected chi connectivity index (χ2v) is 5.15. The highest BCUT2D eigenvalue weighted by Gasteiger charge is 2.07. The van der Waals surface area contributed by atoms with E-state index in [4.69, 9.17) is 0 Å². The van der Waals surface area contributed by atoms with Crippen molar-refractivity contribution in [3.05, 3.63) is 107 Å². The summed E-state index contributed by atoms with van der Waals surface area (Å²) in [6.07, 6.45) is 0. The first-order chi connectivity index (χ1) is 11.2. The van der Waals surface area contributed by atoms with Crippen molar-refractivity contribution in [2.75, 3.05) is 0 Å². The first kappa shape index (κ1) is 15.1. The normalized spacial score (nSPS) is 10.3. The number of hydrogen-bond donors (Lipinski definition) is 0. The van der Waals surface area contributed by atoms with Crippen molar-refractivity contribution >= 4 is 5.71 Å². The summed E-state index contributed by atoms with van der Waals surface area (Å²) < 4.78 is 26.3. The summed E-state index contributed by atoms with van der Waals surface area (Å²) >= 11 is 0. The fraction of sp³-hybridized carbons (Fsp3) is 0.0500. The van der Waals surface area contributed by atoms with Gasteiger partial charge in [-0.3, -0.25) is 4.99 Å². The molecule has 0 aromatic heterocycles. The van der Waals surface area contributed by atoms with Crippen LogP contribution in [-0.4, -0.2) is 5.71 Å². The molecule has 0 amide bonds. The van der Waals surface area contributed by atoms with Gasteiger partial charge in [0, 0.05) is 11.1 Å². The number of benzene rings is 3. The predicted octanol–water partition coefficient (Wildman–Crippen LogP) is 5.00. The van der Waals surface area contributed by atoms with Crippen molar-refractivity contribution in [2.24, 2.45) is 4.99 Å². The van der Waals surface area contributed by atoms with Gasteiger partial charge in [0.25, 0.3) is 0 Å². The lowest BCUT2D eigenvalue weighted by Gasteiger charge is -2.08. The molecule has 0 aliphatic carbocycles. The Hall–Kier alpha value is -2.81. The summed E-state index contributed by atoms with van der Waals surface area (Å²) in [5.41, 5.74) is 3.44. The third kappa shape index (κ3) is 3.69. The van der Waals surface area contributed by atoms with Gasteiger partial charge in [-0.05, 0) is 17.7 Å². The topological polar surface area (TPSA) is 12.4 Å². The average molecular weight is 307 g/mol. The molecule has 23 heavy (non-hydrogen) atoms. The number of nitrogens with zero attached hydrogens (tertiary/aromatic N) is 1. The standard InChI is InChI=1S/C20H15F2N/c21-18-12-11-15(13-19(18)22)14-23-20(16-7-3-1-4-8-16)17-9-5-2-6-10-17/h1-13H,14H2. The molecule has 0 unspecified atom stereocenters. The number of halogens is 2. The molecule has 3 heteroatoms. The fourth-order valence-electron chi connectivity index (χ4n) is 2.35. The molecule has 0 heterocycles. The molecule has 0 saturated heterocycles. The Balaban J connectivity index is 1.96. The van der Waals surface area contributed by atoms with Gasteiger partial charge in [0.05, 0.1) is 12.3 Å². The first-order valence-electron chi connectivity index (χ1n) is 7.33. The average Bonchev–Trinajstić information content (AvgIpc) is 2.60. The van der Waals surface area contributed by atoms with Crippen LogP contribution in [0.4, 0.5) is 8.78 Å². The maximum Gasteiger partial charge on any atom is 0.159 e. The molecule has 3 aromatic rings. The maximum atomic E-state index is 13.3. The van der Waals surface area contributed by atoms with E-state index in [1.165, 1.54) is 6.07 Å². The van der Waals surface area contributed by atoms with E-state index in [-0.39, 0.29) is 6.54 Å². The summed E-state index contributed by atoms with van der Waals surface area (Å²) in [6.45, 7) is 0.288. The summed E-state index contributed by atoms with van der Waals surface area (Å²) in [6, 6.07) is 23.5. The molecule has 3 rings (SSSR count). The lowest BCUT2D eigenvalue weighted by Crippen LogP contribution is -2.04. The van der Waals surface area contributed by atoms with Crippen LogP contribution in [0.25, 0.3) is 0 Å². The molecule has 0 atom stereocenters. The minimum atomic E-state index is -0.848. The van der Waals surface area contributed by atoms with Gasteiger partial charge < -0.3 is 0 Å². The smallest absolute Gasteiger partial charge is 0.159 e. The number of aliphatic imine (C=N–C) groups is 1. The van der Waals surface area contributed by atoms with E-state index in [9.17, 15) is 8.78 Å². The molecule has 0 saturated carbocycles. The minimum absolute atomic E-state index is 0.288. The van der Waals surface area contributed by atoms with Gasteiger partial charge in [-0.2, -0.15) is 0 Å². The zero-order valence-electron chi connectivity index (χ0n) is 12.4. The Labute approximate surface area is 134 Å². The van der Waals surface area contributed by atoms with E-state index in [1.54, 1.807) is 6.07 Å². The third-order valence-corrected chi connectivity index (χ3v) is 3.50. The predicted molar refractivity (Wildman–Crippen MR) is 88.6 cm³/mol. The van der Waals surface area contributed by atoms with E-state index >= 15 is 0 Å². The number of rotatable bonds is 4. The highest BCUT2D eigenvalue weighted by Crippen LogP contribution is 2.14. The van der Waals surface area contributed by atoms with Crippen LogP contribution in [0.2, 0.25) is 0 Å². The van der Waals surface area contributed by atoms with Gasteiger partial charge >= 0.3 is 0 Å². The van der Waals surface area contributed by atoms with E-state index in [2.05, 4.69) is 4.99 Å². The monoisotopic (exact) mass is 307 g/mol. The van der Waals surface area contributed by atoms with Crippen molar-refractivity contribution < 1.29 is 8.78 Å². The van der Waals surface area contributed by atoms with E-state index in [0.717, 1.165) is 22.9 Å². The Morgan fingerprint density at radius 2 is 1.26 bits per heavy atom. The quantitative estimate of drug-likeness (QED) is 0.601. The van der Waals surface area contributed by atoms with Crippen molar-refractivity contribution in [3.8, 4) is 0 Å². The lowest BCUT2D eigenvalue weighted by atomic mass is 10.0. The molecule has 0 bridgehead atoms. The molecule has 3 aromatic carbocycles. The second kappa shape index (κ2) is 6.97. The first-order valence-corrected chi connectivity index (χ1v) is 7.33. The molecule has 0 aliphatic heterocycles. The SMILES string of the molecule is Fc1ccc(CN=C(c2ccccc2)c2ccccc2)cc1F. The molecule has 0 N–H and O–H groups in total. The van der Waals surface area contributed by atoms with Crippen LogP contribution < -0.4 is 0 Å². The molecule has 1 nitrogen and oxygen atoms in total. The van der Waals surface area contributed by atoms with Crippen molar-refractivity contribution in [1.82, 2.24) is 0 Å². The summed E-state index contributed by atoms with van der Waals surface area (Å²) in [7, 11) is 0. The second-order valence-electron chi connectivity index (χ2n) is 5.15. The van der Waals surface area contributed by atoms with E-state index < -0.39 is 11.6 Å². The molecular formula is C20H15F2N. The van der Waals surface area contributed by atoms with Crippen LogP contribution in [0.5, 0.6) is 0 Å². The molecule has 114 valence electrons. The highest BCUT2D eigenvalue weighted by atomic mass is 19.2. The van der Waals surface area contributed by atoms with Crippen molar-refractivity contribution in [2.45, 2.75) is 6.54 Å². The van der Waals surface area contributed by atoms with Crippen LogP contribution >= 0.6 is 0 Å². The maximum absolute atomic E-state index is 13.3. The molecular weight excluding hydrogens is 292 g/mol. The van der Waals surface area contributed by atoms with Gasteiger partial charge in [0.2, 0.25) is 0 Å². The largest absolute Gasteiger partial charge is 0.279 e. The summed E-state index contributed by atoms with van der Waals surface area (Å²) in [4.78, 5) is 4.63. The molecule has 0 aliphatic rings. The molecule has 0 fully saturated rings. The zero-order valence-corrected chi connectivity index (χ0v) is 12.4. The number of hydrogen-bond acceptors (Lipinski definition) is 1. The van der Waals surface area contributed by atoms with Crippen LogP contribution in [0.1, 0.15) is 16.7 Å². The van der Waals surface area contributed by atoms with Crippen LogP contribution in [0.15, 0.2) is 83.9 Å². The van der Waals surface area contributed by atoms with Crippen LogP contribution in [0.3, 0.4) is 0 Å². The molecule has 0 spiro atoms. The van der Waals surface area contributed by atoms with Gasteiger partial charge in [0.1, 0.15) is 0 Å². The van der Waals surface area contributed by atoms with Crippen molar-refractivity contribution in [1.29, 1.82) is 0 Å². The van der Waals surface area contributed by atoms with E-state index in [0.29, 0.717) is 5.56 Å². The fourth-order valence-corrected chi connectivity index (χ4v) is 2.35. The summed E-state index contributed by atoms with van der Waals surface area (Å²) in [5, 5.41) is 0. The Kier molecular flexibility index (Phi) is 4.57. The zero-order chi connectivity index (χ0) is 16.1. The Morgan fingerprint density at radius 3 is 1.78 bits per heavy atom. The van der Waals surface area contributed by atoms with Crippen molar-refractivity contribution in [3.63, 3.8) is 0 Å². The van der Waals surface area contributed by atoms with Gasteiger partial charge in [0.15, 0.2) is 11.6 Å². The van der Waals surface area contributed by atoms with E-state index in [1.807, 2.05) is 60.7 Å². The minimum Gasteiger partial charge on any atom is -0.279 e. The summed E-state index contributed by atoms with van der Waals surface area (Å²) in [5.74, 6) is -1.69.